The lowest BCUT2D eigenvalue weighted by molar-refractivity contribution is 1.24. The number of pyridine rings is 2. The molecule has 0 amide bonds. The first-order valence-electron chi connectivity index (χ1n) is 5.53. The van der Waals surface area contributed by atoms with Gasteiger partial charge in [0.1, 0.15) is 5.65 Å². The van der Waals surface area contributed by atoms with Crippen molar-refractivity contribution in [3.63, 3.8) is 0 Å². The molecule has 0 bridgehead atoms. The van der Waals surface area contributed by atoms with Crippen LogP contribution in [0, 0.1) is 0 Å². The first-order valence-corrected chi connectivity index (χ1v) is 5.53. The summed E-state index contributed by atoms with van der Waals surface area (Å²) in [4.78, 5) is 8.82. The molecule has 0 radical (unpaired) electrons. The molecular weight excluding hydrogens is 210 g/mol. The van der Waals surface area contributed by atoms with Gasteiger partial charge in [0.15, 0.2) is 0 Å². The molecule has 0 aliphatic rings. The molecule has 17 heavy (non-hydrogen) atoms. The average Bonchev–Trinajstić information content (AvgIpc) is 2.78. The quantitative estimate of drug-likeness (QED) is 0.455. The molecular formula is C14H9N3. The average molecular weight is 219 g/mol. The van der Waals surface area contributed by atoms with Crippen LogP contribution in [0.2, 0.25) is 0 Å². The molecule has 80 valence electrons. The molecule has 3 aromatic heterocycles. The van der Waals surface area contributed by atoms with Gasteiger partial charge in [0.25, 0.3) is 0 Å². The fourth-order valence-corrected chi connectivity index (χ4v) is 2.28. The van der Waals surface area contributed by atoms with Crippen molar-refractivity contribution in [3.05, 3.63) is 55.0 Å². The van der Waals surface area contributed by atoms with Crippen LogP contribution in [0.4, 0.5) is 0 Å². The number of fused-ring (bicyclic) bond motifs is 5. The zero-order valence-electron chi connectivity index (χ0n) is 9.04. The Bertz CT molecular complexity index is 846. The molecule has 0 aliphatic heterocycles. The Kier molecular flexibility index (Phi) is 1.56. The van der Waals surface area contributed by atoms with E-state index in [4.69, 9.17) is 0 Å². The predicted molar refractivity (Wildman–Crippen MR) is 68.0 cm³/mol. The molecule has 0 N–H and O–H groups in total. The third-order valence-corrected chi connectivity index (χ3v) is 3.09. The van der Waals surface area contributed by atoms with E-state index in [1.54, 1.807) is 0 Å². The fraction of sp³-hybridized carbons (Fsp3) is 0. The lowest BCUT2D eigenvalue weighted by atomic mass is 10.2. The molecule has 4 rings (SSSR count). The van der Waals surface area contributed by atoms with Crippen LogP contribution in [0.25, 0.3) is 27.5 Å². The van der Waals surface area contributed by atoms with Gasteiger partial charge in [-0.3, -0.25) is 9.38 Å². The van der Waals surface area contributed by atoms with Crippen molar-refractivity contribution < 1.29 is 0 Å². The van der Waals surface area contributed by atoms with Crippen LogP contribution in [0.1, 0.15) is 0 Å². The molecule has 3 heterocycles. The molecule has 1 aromatic carbocycles. The zero-order chi connectivity index (χ0) is 11.2. The summed E-state index contributed by atoms with van der Waals surface area (Å²) in [5, 5.41) is 2.26. The van der Waals surface area contributed by atoms with Gasteiger partial charge < -0.3 is 0 Å². The Labute approximate surface area is 97.4 Å². The van der Waals surface area contributed by atoms with E-state index in [0.29, 0.717) is 0 Å². The predicted octanol–water partition coefficient (Wildman–Crippen LogP) is 3.04. The van der Waals surface area contributed by atoms with Crippen molar-refractivity contribution >= 4 is 27.5 Å². The maximum Gasteiger partial charge on any atom is 0.145 e. The van der Waals surface area contributed by atoms with Crippen LogP contribution in [0.5, 0.6) is 0 Å². The maximum atomic E-state index is 4.68. The molecule has 3 heteroatoms. The number of hydrogen-bond donors (Lipinski definition) is 0. The number of benzene rings is 1. The molecule has 0 aliphatic carbocycles. The summed E-state index contributed by atoms with van der Waals surface area (Å²) < 4.78 is 2.12. The first kappa shape index (κ1) is 8.70. The number of aromatic nitrogens is 3. The third kappa shape index (κ3) is 1.11. The minimum atomic E-state index is 0.992. The van der Waals surface area contributed by atoms with Gasteiger partial charge in [0.2, 0.25) is 0 Å². The standard InChI is InChI=1S/C14H9N3/c1-2-4-13-12(3-1)16-14-11-5-7-15-9-10(11)6-8-17(13)14/h1-9H. The maximum absolute atomic E-state index is 4.68. The summed E-state index contributed by atoms with van der Waals surface area (Å²) in [5.74, 6) is 0. The van der Waals surface area contributed by atoms with Gasteiger partial charge in [-0.25, -0.2) is 4.98 Å². The third-order valence-electron chi connectivity index (χ3n) is 3.09. The van der Waals surface area contributed by atoms with Gasteiger partial charge in [-0.2, -0.15) is 0 Å². The van der Waals surface area contributed by atoms with Gasteiger partial charge in [-0.05, 0) is 24.3 Å². The fourth-order valence-electron chi connectivity index (χ4n) is 2.28. The second-order valence-corrected chi connectivity index (χ2v) is 4.07. The highest BCUT2D eigenvalue weighted by Crippen LogP contribution is 2.22. The lowest BCUT2D eigenvalue weighted by Gasteiger charge is -1.99. The summed E-state index contributed by atoms with van der Waals surface area (Å²) in [5.41, 5.74) is 3.16. The monoisotopic (exact) mass is 219 g/mol. The summed E-state index contributed by atoms with van der Waals surface area (Å²) in [6.07, 6.45) is 5.73. The smallest absolute Gasteiger partial charge is 0.145 e. The van der Waals surface area contributed by atoms with E-state index in [9.17, 15) is 0 Å². The second kappa shape index (κ2) is 3.04. The van der Waals surface area contributed by atoms with Gasteiger partial charge in [0.05, 0.1) is 11.0 Å². The normalized spacial score (nSPS) is 11.5. The molecule has 0 saturated carbocycles. The summed E-state index contributed by atoms with van der Waals surface area (Å²) in [6, 6.07) is 12.3. The van der Waals surface area contributed by atoms with Crippen LogP contribution in [0.15, 0.2) is 55.0 Å². The molecule has 4 aromatic rings. The summed E-state index contributed by atoms with van der Waals surface area (Å²) in [7, 11) is 0. The van der Waals surface area contributed by atoms with Gasteiger partial charge in [-0.1, -0.05) is 12.1 Å². The van der Waals surface area contributed by atoms with Gasteiger partial charge in [0, 0.05) is 29.4 Å². The Hall–Kier alpha value is -2.42. The minimum Gasteiger partial charge on any atom is -0.299 e. The number of nitrogens with zero attached hydrogens (tertiary/aromatic N) is 3. The molecule has 0 saturated heterocycles. The number of rotatable bonds is 0. The van der Waals surface area contributed by atoms with E-state index in [0.717, 1.165) is 27.5 Å². The highest BCUT2D eigenvalue weighted by molar-refractivity contribution is 5.97. The van der Waals surface area contributed by atoms with E-state index < -0.39 is 0 Å². The highest BCUT2D eigenvalue weighted by atomic mass is 15.0. The Morgan fingerprint density at radius 1 is 1.00 bits per heavy atom. The Balaban J connectivity index is 2.34. The number of hydrogen-bond acceptors (Lipinski definition) is 2. The van der Waals surface area contributed by atoms with Crippen LogP contribution in [0.3, 0.4) is 0 Å². The first-order chi connectivity index (χ1) is 8.43. The molecule has 0 atom stereocenters. The Morgan fingerprint density at radius 3 is 2.94 bits per heavy atom. The van der Waals surface area contributed by atoms with Crippen molar-refractivity contribution in [3.8, 4) is 0 Å². The molecule has 0 unspecified atom stereocenters. The van der Waals surface area contributed by atoms with Crippen LogP contribution < -0.4 is 0 Å². The van der Waals surface area contributed by atoms with Gasteiger partial charge in [-0.15, -0.1) is 0 Å². The van der Waals surface area contributed by atoms with E-state index in [1.165, 1.54) is 0 Å². The minimum absolute atomic E-state index is 0.992. The van der Waals surface area contributed by atoms with Gasteiger partial charge >= 0.3 is 0 Å². The van der Waals surface area contributed by atoms with Crippen molar-refractivity contribution in [1.82, 2.24) is 14.4 Å². The van der Waals surface area contributed by atoms with Crippen molar-refractivity contribution in [2.45, 2.75) is 0 Å². The highest BCUT2D eigenvalue weighted by Gasteiger charge is 2.06. The van der Waals surface area contributed by atoms with Crippen LogP contribution in [-0.4, -0.2) is 14.4 Å². The van der Waals surface area contributed by atoms with E-state index in [1.807, 2.05) is 36.7 Å². The SMILES string of the molecule is c1ccc2c(c1)nc1c3ccncc3ccn21. The van der Waals surface area contributed by atoms with E-state index in [-0.39, 0.29) is 0 Å². The van der Waals surface area contributed by atoms with E-state index in [2.05, 4.69) is 32.7 Å². The largest absolute Gasteiger partial charge is 0.299 e. The van der Waals surface area contributed by atoms with Crippen molar-refractivity contribution in [2.75, 3.05) is 0 Å². The van der Waals surface area contributed by atoms with Crippen LogP contribution >= 0.6 is 0 Å². The van der Waals surface area contributed by atoms with E-state index >= 15 is 0 Å². The topological polar surface area (TPSA) is 30.2 Å². The van der Waals surface area contributed by atoms with Crippen molar-refractivity contribution in [2.24, 2.45) is 0 Å². The van der Waals surface area contributed by atoms with Crippen molar-refractivity contribution in [1.29, 1.82) is 0 Å². The molecule has 0 fully saturated rings. The zero-order valence-corrected chi connectivity index (χ0v) is 9.04. The molecule has 3 nitrogen and oxygen atoms in total. The number of para-hydroxylation sites is 2. The summed E-state index contributed by atoms with van der Waals surface area (Å²) in [6.45, 7) is 0. The molecule has 0 spiro atoms. The summed E-state index contributed by atoms with van der Waals surface area (Å²) >= 11 is 0. The lowest BCUT2D eigenvalue weighted by Crippen LogP contribution is -1.85. The van der Waals surface area contributed by atoms with Crippen LogP contribution in [-0.2, 0) is 0 Å². The Morgan fingerprint density at radius 2 is 1.94 bits per heavy atom. The number of imidazole rings is 1. The second-order valence-electron chi connectivity index (χ2n) is 4.07.